The number of hydrogen-bond acceptors (Lipinski definition) is 11. The largest absolute Gasteiger partial charge is 0.461 e. The number of nitriles is 1. The number of ether oxygens (including phenoxy) is 3. The Morgan fingerprint density at radius 2 is 1.92 bits per heavy atom. The summed E-state index contributed by atoms with van der Waals surface area (Å²) >= 11 is 0. The van der Waals surface area contributed by atoms with Gasteiger partial charge in [0.15, 0.2) is 5.82 Å². The number of nitrogens with zero attached hydrogens (tertiary/aromatic N) is 6. The van der Waals surface area contributed by atoms with Crippen molar-refractivity contribution < 1.29 is 36.6 Å². The summed E-state index contributed by atoms with van der Waals surface area (Å²) in [7, 11) is 0. The maximum absolute atomic E-state index is 17.5. The van der Waals surface area contributed by atoms with Gasteiger partial charge in [0, 0.05) is 37.2 Å². The number of nitrogens with two attached hydrogens (primary N) is 1. The molecule has 4 saturated heterocycles. The molecule has 272 valence electrons. The smallest absolute Gasteiger partial charge is 0.410 e. The second-order valence-electron chi connectivity index (χ2n) is 15.6. The molecule has 1 unspecified atom stereocenters. The predicted molar refractivity (Wildman–Crippen MR) is 183 cm³/mol. The van der Waals surface area contributed by atoms with Crippen LogP contribution in [0.25, 0.3) is 33.0 Å². The second-order valence-corrected chi connectivity index (χ2v) is 15.6. The molecule has 5 aliphatic rings. The molecule has 0 saturated carbocycles. The zero-order chi connectivity index (χ0) is 36.3. The number of fused-ring (bicyclic) bond motifs is 7. The minimum atomic E-state index is -0.972. The van der Waals surface area contributed by atoms with Gasteiger partial charge in [-0.25, -0.2) is 18.0 Å². The van der Waals surface area contributed by atoms with Crippen LogP contribution in [0.1, 0.15) is 63.1 Å². The van der Waals surface area contributed by atoms with Crippen molar-refractivity contribution in [2.45, 2.75) is 89.1 Å². The summed E-state index contributed by atoms with van der Waals surface area (Å²) in [5.41, 5.74) is 5.47. The molecule has 9 rings (SSSR count). The van der Waals surface area contributed by atoms with Gasteiger partial charge in [-0.3, -0.25) is 4.90 Å². The molecule has 52 heavy (non-hydrogen) atoms. The molecule has 4 fully saturated rings. The molecule has 5 aliphatic heterocycles. The molecule has 7 heterocycles. The van der Waals surface area contributed by atoms with E-state index in [2.05, 4.69) is 14.8 Å². The Hall–Kier alpha value is -4.81. The average molecular weight is 718 g/mol. The van der Waals surface area contributed by atoms with Crippen LogP contribution in [0.2, 0.25) is 0 Å². The monoisotopic (exact) mass is 717 g/mol. The van der Waals surface area contributed by atoms with E-state index in [-0.39, 0.29) is 77.0 Å². The van der Waals surface area contributed by atoms with Gasteiger partial charge < -0.3 is 34.2 Å². The molecule has 4 atom stereocenters. The number of alkyl halides is 1. The van der Waals surface area contributed by atoms with Gasteiger partial charge in [0.25, 0.3) is 0 Å². The van der Waals surface area contributed by atoms with E-state index in [4.69, 9.17) is 29.3 Å². The van der Waals surface area contributed by atoms with E-state index in [1.165, 1.54) is 6.07 Å². The van der Waals surface area contributed by atoms with Crippen molar-refractivity contribution in [3.63, 3.8) is 0 Å². The Balaban J connectivity index is 1.20. The van der Waals surface area contributed by atoms with Crippen LogP contribution >= 0.6 is 0 Å². The Bertz CT molecular complexity index is 2220. The third kappa shape index (κ3) is 4.97. The minimum Gasteiger partial charge on any atom is -0.461 e. The van der Waals surface area contributed by atoms with Crippen molar-refractivity contribution in [3.8, 4) is 23.2 Å². The number of amides is 1. The van der Waals surface area contributed by atoms with Gasteiger partial charge in [-0.15, -0.1) is 0 Å². The molecule has 1 amide bonds. The molecule has 0 spiro atoms. The highest BCUT2D eigenvalue weighted by Crippen LogP contribution is 2.48. The molecule has 2 aromatic heterocycles. The Kier molecular flexibility index (Phi) is 7.37. The van der Waals surface area contributed by atoms with Crippen LogP contribution in [0.4, 0.5) is 29.7 Å². The van der Waals surface area contributed by atoms with Gasteiger partial charge >= 0.3 is 12.1 Å². The number of piperazine rings is 1. The highest BCUT2D eigenvalue weighted by Gasteiger charge is 2.50. The van der Waals surface area contributed by atoms with Gasteiger partial charge in [-0.05, 0) is 69.8 Å². The lowest BCUT2D eigenvalue weighted by atomic mass is 9.90. The molecular weight excluding hydrogens is 679 g/mol. The van der Waals surface area contributed by atoms with Crippen LogP contribution in [0.15, 0.2) is 16.5 Å². The standard InChI is InChI=1S/C37H38F3N7O5/c1-36(2,3)52-35(48)47-14-19-9-20(47)13-46(19)33-28-23-16-49-15-22(23)27(29-24(39)5-6-25-26(29)21(11-41)32(42)51-25)30(40)31(28)43-34(44-33)50-17-37-7-4-8-45(37)12-18(38)10-37/h5-6,18-20H,4,7-10,12-17,42H2,1-3H3/t18-,19-,20-,37?/m1/s1. The van der Waals surface area contributed by atoms with E-state index in [1.807, 2.05) is 26.8 Å². The number of furan rings is 1. The molecule has 2 aromatic carbocycles. The summed E-state index contributed by atoms with van der Waals surface area (Å²) in [4.78, 5) is 28.6. The van der Waals surface area contributed by atoms with Crippen molar-refractivity contribution >= 4 is 39.7 Å². The Morgan fingerprint density at radius 1 is 1.12 bits per heavy atom. The number of aromatic nitrogens is 2. The van der Waals surface area contributed by atoms with E-state index in [0.717, 1.165) is 25.5 Å². The lowest BCUT2D eigenvalue weighted by Crippen LogP contribution is -2.50. The van der Waals surface area contributed by atoms with Crippen LogP contribution in [-0.2, 0) is 22.7 Å². The first-order chi connectivity index (χ1) is 24.9. The van der Waals surface area contributed by atoms with E-state index in [1.54, 1.807) is 4.90 Å². The first-order valence-corrected chi connectivity index (χ1v) is 17.7. The minimum absolute atomic E-state index is 0.0263. The van der Waals surface area contributed by atoms with E-state index in [9.17, 15) is 14.4 Å². The lowest BCUT2D eigenvalue weighted by molar-refractivity contribution is 0.0214. The first-order valence-electron chi connectivity index (χ1n) is 17.7. The normalized spacial score (nSPS) is 25.4. The van der Waals surface area contributed by atoms with Crippen LogP contribution < -0.4 is 15.4 Å². The summed E-state index contributed by atoms with van der Waals surface area (Å²) in [6.45, 7) is 7.53. The molecule has 0 radical (unpaired) electrons. The van der Waals surface area contributed by atoms with E-state index >= 15 is 8.78 Å². The number of benzene rings is 2. The zero-order valence-electron chi connectivity index (χ0n) is 29.1. The highest BCUT2D eigenvalue weighted by molar-refractivity contribution is 6.05. The quantitative estimate of drug-likeness (QED) is 0.261. The number of carbonyl (C=O) groups is 1. The van der Waals surface area contributed by atoms with Gasteiger partial charge in [0.2, 0.25) is 5.88 Å². The molecule has 12 nitrogen and oxygen atoms in total. The highest BCUT2D eigenvalue weighted by atomic mass is 19.1. The van der Waals surface area contributed by atoms with E-state index < -0.39 is 35.0 Å². The molecule has 0 aliphatic carbocycles. The summed E-state index contributed by atoms with van der Waals surface area (Å²) < 4.78 is 71.6. The molecule has 15 heteroatoms. The summed E-state index contributed by atoms with van der Waals surface area (Å²) in [6.07, 6.45) is 1.28. The third-order valence-electron chi connectivity index (χ3n) is 11.3. The van der Waals surface area contributed by atoms with Crippen LogP contribution in [0.3, 0.4) is 0 Å². The molecule has 2 bridgehead atoms. The second kappa shape index (κ2) is 11.6. The third-order valence-corrected chi connectivity index (χ3v) is 11.3. The number of anilines is 2. The topological polar surface area (TPSA) is 143 Å². The van der Waals surface area contributed by atoms with Gasteiger partial charge in [-0.1, -0.05) is 0 Å². The summed E-state index contributed by atoms with van der Waals surface area (Å²) in [5.74, 6) is -1.40. The SMILES string of the molecule is CC(C)(C)OC(=O)N1C[C@H]2C[C@@H]1CN2c1nc(OCC23CCCN2C[C@H](F)C3)nc2c(F)c(-c3c(F)ccc4oc(N)c(C#N)c34)c3c(c12)COC3. The number of likely N-dealkylation sites (tertiary alicyclic amines) is 1. The number of hydrogen-bond donors (Lipinski definition) is 1. The van der Waals surface area contributed by atoms with Gasteiger partial charge in [-0.2, -0.15) is 15.2 Å². The number of rotatable bonds is 5. The lowest BCUT2D eigenvalue weighted by Gasteiger charge is -2.36. The predicted octanol–water partition coefficient (Wildman–Crippen LogP) is 5.96. The van der Waals surface area contributed by atoms with Crippen molar-refractivity contribution in [3.05, 3.63) is 40.5 Å². The summed E-state index contributed by atoms with van der Waals surface area (Å²) in [5, 5.41) is 10.4. The number of halogens is 3. The van der Waals surface area contributed by atoms with E-state index in [0.29, 0.717) is 54.8 Å². The van der Waals surface area contributed by atoms with Crippen molar-refractivity contribution in [1.82, 2.24) is 19.8 Å². The number of nitrogen functional groups attached to an aromatic ring is 1. The maximum atomic E-state index is 17.5. The Morgan fingerprint density at radius 3 is 2.67 bits per heavy atom. The van der Waals surface area contributed by atoms with Crippen LogP contribution in [0.5, 0.6) is 6.01 Å². The van der Waals surface area contributed by atoms with Gasteiger partial charge in [0.1, 0.15) is 52.7 Å². The number of carbonyl (C=O) groups excluding carboxylic acids is 1. The van der Waals surface area contributed by atoms with Crippen molar-refractivity contribution in [2.75, 3.05) is 43.4 Å². The zero-order valence-corrected chi connectivity index (χ0v) is 29.1. The fourth-order valence-corrected chi connectivity index (χ4v) is 9.18. The first kappa shape index (κ1) is 33.1. The summed E-state index contributed by atoms with van der Waals surface area (Å²) in [6, 6.07) is 4.06. The fourth-order valence-electron chi connectivity index (χ4n) is 9.18. The molecule has 2 N–H and O–H groups in total. The van der Waals surface area contributed by atoms with Gasteiger partial charge in [0.05, 0.1) is 41.6 Å². The van der Waals surface area contributed by atoms with Crippen molar-refractivity contribution in [1.29, 1.82) is 5.26 Å². The van der Waals surface area contributed by atoms with Crippen LogP contribution in [-0.4, -0.2) is 88.0 Å². The molecule has 4 aromatic rings. The fraction of sp³-hybridized carbons (Fsp3) is 0.514. The maximum Gasteiger partial charge on any atom is 0.410 e. The Labute approximate surface area is 297 Å². The molecular formula is C37H38F3N7O5. The average Bonchev–Trinajstić information content (AvgIpc) is 3.94. The van der Waals surface area contributed by atoms with Crippen molar-refractivity contribution in [2.24, 2.45) is 0 Å². The van der Waals surface area contributed by atoms with Crippen LogP contribution in [0, 0.1) is 23.0 Å².